The van der Waals surface area contributed by atoms with Crippen LogP contribution in [0.2, 0.25) is 0 Å². The monoisotopic (exact) mass is 236 g/mol. The number of hydrogen-bond acceptors (Lipinski definition) is 3. The summed E-state index contributed by atoms with van der Waals surface area (Å²) >= 11 is 0. The average molecular weight is 236 g/mol. The molecule has 1 aliphatic heterocycles. The second-order valence-electron chi connectivity index (χ2n) is 4.38. The SMILES string of the molecule is Cn1cccc1/C=C/C(O)CN1CCOCC1. The highest BCUT2D eigenvalue weighted by Crippen LogP contribution is 2.05. The number of rotatable bonds is 4. The second kappa shape index (κ2) is 6.00. The van der Waals surface area contributed by atoms with Gasteiger partial charge < -0.3 is 14.4 Å². The number of aliphatic hydroxyl groups excluding tert-OH is 1. The van der Waals surface area contributed by atoms with Gasteiger partial charge in [0.25, 0.3) is 0 Å². The number of aromatic nitrogens is 1. The molecule has 1 aliphatic rings. The number of ether oxygens (including phenoxy) is 1. The van der Waals surface area contributed by atoms with Gasteiger partial charge in [0.1, 0.15) is 0 Å². The molecule has 0 bridgehead atoms. The summed E-state index contributed by atoms with van der Waals surface area (Å²) in [5.74, 6) is 0. The van der Waals surface area contributed by atoms with Gasteiger partial charge in [0.15, 0.2) is 0 Å². The highest BCUT2D eigenvalue weighted by atomic mass is 16.5. The molecule has 1 aromatic heterocycles. The first-order valence-electron chi connectivity index (χ1n) is 6.03. The zero-order chi connectivity index (χ0) is 12.1. The van der Waals surface area contributed by atoms with Crippen molar-refractivity contribution in [3.05, 3.63) is 30.1 Å². The molecule has 94 valence electrons. The minimum atomic E-state index is -0.414. The van der Waals surface area contributed by atoms with Crippen molar-refractivity contribution in [2.24, 2.45) is 7.05 Å². The largest absolute Gasteiger partial charge is 0.388 e. The third-order valence-electron chi connectivity index (χ3n) is 3.02. The molecular weight excluding hydrogens is 216 g/mol. The van der Waals surface area contributed by atoms with Gasteiger partial charge in [-0.25, -0.2) is 0 Å². The number of aryl methyl sites for hydroxylation is 1. The summed E-state index contributed by atoms with van der Waals surface area (Å²) < 4.78 is 7.30. The van der Waals surface area contributed by atoms with Crippen LogP contribution in [-0.2, 0) is 11.8 Å². The molecule has 1 fully saturated rings. The summed E-state index contributed by atoms with van der Waals surface area (Å²) in [7, 11) is 1.99. The van der Waals surface area contributed by atoms with E-state index >= 15 is 0 Å². The molecule has 4 heteroatoms. The van der Waals surface area contributed by atoms with E-state index in [1.165, 1.54) is 0 Å². The molecule has 1 N–H and O–H groups in total. The Kier molecular flexibility index (Phi) is 4.36. The molecule has 4 nitrogen and oxygen atoms in total. The first-order valence-corrected chi connectivity index (χ1v) is 6.03. The van der Waals surface area contributed by atoms with Gasteiger partial charge in [-0.15, -0.1) is 0 Å². The zero-order valence-corrected chi connectivity index (χ0v) is 10.2. The topological polar surface area (TPSA) is 37.6 Å². The minimum Gasteiger partial charge on any atom is -0.388 e. The second-order valence-corrected chi connectivity index (χ2v) is 4.38. The Morgan fingerprint density at radius 1 is 1.47 bits per heavy atom. The lowest BCUT2D eigenvalue weighted by Gasteiger charge is -2.27. The van der Waals surface area contributed by atoms with Gasteiger partial charge in [-0.1, -0.05) is 6.08 Å². The minimum absolute atomic E-state index is 0.414. The Labute approximate surface area is 102 Å². The molecule has 2 heterocycles. The van der Waals surface area contributed by atoms with Crippen LogP contribution >= 0.6 is 0 Å². The van der Waals surface area contributed by atoms with Crippen molar-refractivity contribution in [2.75, 3.05) is 32.8 Å². The molecular formula is C13H20N2O2. The summed E-state index contributed by atoms with van der Waals surface area (Å²) in [5.41, 5.74) is 1.10. The average Bonchev–Trinajstić information content (AvgIpc) is 2.74. The summed E-state index contributed by atoms with van der Waals surface area (Å²) in [6, 6.07) is 4.02. The van der Waals surface area contributed by atoms with Gasteiger partial charge in [-0.2, -0.15) is 0 Å². The van der Waals surface area contributed by atoms with Crippen LogP contribution in [0.25, 0.3) is 6.08 Å². The lowest BCUT2D eigenvalue weighted by molar-refractivity contribution is 0.0223. The lowest BCUT2D eigenvalue weighted by Crippen LogP contribution is -2.40. The molecule has 1 atom stereocenters. The van der Waals surface area contributed by atoms with Crippen LogP contribution in [0, 0.1) is 0 Å². The van der Waals surface area contributed by atoms with E-state index in [1.807, 2.05) is 42.1 Å². The van der Waals surface area contributed by atoms with E-state index in [-0.39, 0.29) is 0 Å². The van der Waals surface area contributed by atoms with Gasteiger partial charge in [-0.3, -0.25) is 4.90 Å². The van der Waals surface area contributed by atoms with E-state index in [4.69, 9.17) is 4.74 Å². The number of β-amino-alcohol motifs (C(OH)–C–C–N with tert-alkyl or cyclic N) is 1. The number of hydrogen-bond donors (Lipinski definition) is 1. The summed E-state index contributed by atoms with van der Waals surface area (Å²) in [4.78, 5) is 2.23. The van der Waals surface area contributed by atoms with Crippen LogP contribution in [0.5, 0.6) is 0 Å². The Bertz CT molecular complexity index is 367. The van der Waals surface area contributed by atoms with Crippen molar-refractivity contribution in [3.63, 3.8) is 0 Å². The van der Waals surface area contributed by atoms with Gasteiger partial charge in [0, 0.05) is 38.6 Å². The Balaban J connectivity index is 1.82. The highest BCUT2D eigenvalue weighted by molar-refractivity contribution is 5.45. The number of nitrogens with zero attached hydrogens (tertiary/aromatic N) is 2. The molecule has 0 radical (unpaired) electrons. The molecule has 1 unspecified atom stereocenters. The van der Waals surface area contributed by atoms with E-state index in [2.05, 4.69) is 4.90 Å². The Morgan fingerprint density at radius 2 is 2.24 bits per heavy atom. The maximum atomic E-state index is 9.91. The fourth-order valence-electron chi connectivity index (χ4n) is 1.97. The molecule has 0 aliphatic carbocycles. The van der Waals surface area contributed by atoms with Crippen LogP contribution in [0.3, 0.4) is 0 Å². The molecule has 0 aromatic carbocycles. The standard InChI is InChI=1S/C13H20N2O2/c1-14-6-2-3-12(14)4-5-13(16)11-15-7-9-17-10-8-15/h2-6,13,16H,7-11H2,1H3/b5-4+. The fraction of sp³-hybridized carbons (Fsp3) is 0.538. The summed E-state index contributed by atoms with van der Waals surface area (Å²) in [6.45, 7) is 4.05. The van der Waals surface area contributed by atoms with Crippen molar-refractivity contribution in [2.45, 2.75) is 6.10 Å². The van der Waals surface area contributed by atoms with Crippen LogP contribution in [-0.4, -0.2) is 53.5 Å². The van der Waals surface area contributed by atoms with Crippen molar-refractivity contribution in [1.29, 1.82) is 0 Å². The molecule has 17 heavy (non-hydrogen) atoms. The van der Waals surface area contributed by atoms with Gasteiger partial charge in [0.2, 0.25) is 0 Å². The number of aliphatic hydroxyl groups is 1. The van der Waals surface area contributed by atoms with Crippen molar-refractivity contribution in [1.82, 2.24) is 9.47 Å². The molecule has 0 amide bonds. The predicted octanol–water partition coefficient (Wildman–Crippen LogP) is 0.731. The summed E-state index contributed by atoms with van der Waals surface area (Å²) in [6.07, 6.45) is 5.40. The van der Waals surface area contributed by atoms with Crippen LogP contribution in [0.15, 0.2) is 24.4 Å². The smallest absolute Gasteiger partial charge is 0.0851 e. The third kappa shape index (κ3) is 3.70. The molecule has 1 saturated heterocycles. The first kappa shape index (κ1) is 12.4. The highest BCUT2D eigenvalue weighted by Gasteiger charge is 2.12. The third-order valence-corrected chi connectivity index (χ3v) is 3.02. The van der Waals surface area contributed by atoms with E-state index in [0.29, 0.717) is 6.54 Å². The van der Waals surface area contributed by atoms with Crippen LogP contribution < -0.4 is 0 Å². The maximum Gasteiger partial charge on any atom is 0.0851 e. The quantitative estimate of drug-likeness (QED) is 0.837. The Morgan fingerprint density at radius 3 is 2.88 bits per heavy atom. The van der Waals surface area contributed by atoms with Crippen molar-refractivity contribution in [3.8, 4) is 0 Å². The van der Waals surface area contributed by atoms with E-state index in [0.717, 1.165) is 32.0 Å². The molecule has 1 aromatic rings. The summed E-state index contributed by atoms with van der Waals surface area (Å²) in [5, 5.41) is 9.91. The van der Waals surface area contributed by atoms with E-state index in [1.54, 1.807) is 0 Å². The molecule has 2 rings (SSSR count). The predicted molar refractivity (Wildman–Crippen MR) is 67.7 cm³/mol. The van der Waals surface area contributed by atoms with Crippen molar-refractivity contribution >= 4 is 6.08 Å². The van der Waals surface area contributed by atoms with Crippen LogP contribution in [0.1, 0.15) is 5.69 Å². The normalized spacial score (nSPS) is 19.9. The van der Waals surface area contributed by atoms with Crippen LogP contribution in [0.4, 0.5) is 0 Å². The maximum absolute atomic E-state index is 9.91. The molecule has 0 saturated carbocycles. The van der Waals surface area contributed by atoms with Gasteiger partial charge in [0.05, 0.1) is 19.3 Å². The van der Waals surface area contributed by atoms with E-state index in [9.17, 15) is 5.11 Å². The van der Waals surface area contributed by atoms with E-state index < -0.39 is 6.10 Å². The zero-order valence-electron chi connectivity index (χ0n) is 10.2. The molecule has 0 spiro atoms. The van der Waals surface area contributed by atoms with Gasteiger partial charge in [-0.05, 0) is 18.2 Å². The van der Waals surface area contributed by atoms with Gasteiger partial charge >= 0.3 is 0 Å². The number of morpholine rings is 1. The first-order chi connectivity index (χ1) is 8.25. The lowest BCUT2D eigenvalue weighted by atomic mass is 10.2. The van der Waals surface area contributed by atoms with Crippen molar-refractivity contribution < 1.29 is 9.84 Å². The Hall–Kier alpha value is -1.10. The fourth-order valence-corrected chi connectivity index (χ4v) is 1.97.